The molecule has 3 fully saturated rings. The summed E-state index contributed by atoms with van der Waals surface area (Å²) in [5, 5.41) is 6.58. The summed E-state index contributed by atoms with van der Waals surface area (Å²) in [6.45, 7) is 1.01. The van der Waals surface area contributed by atoms with Gasteiger partial charge in [-0.05, 0) is 97.0 Å². The van der Waals surface area contributed by atoms with Gasteiger partial charge >= 0.3 is 0 Å². The minimum absolute atomic E-state index is 0.0577. The van der Waals surface area contributed by atoms with Crippen LogP contribution in [0.2, 0.25) is 0 Å². The highest BCUT2D eigenvalue weighted by Crippen LogP contribution is 2.72. The van der Waals surface area contributed by atoms with E-state index in [9.17, 15) is 14.1 Å². The molecule has 6 rings (SSSR count). The fourth-order valence-electron chi connectivity index (χ4n) is 8.29. The Morgan fingerprint density at radius 3 is 2.88 bits per heavy atom. The third-order valence-electron chi connectivity index (χ3n) is 9.36. The number of piperidine rings is 1. The summed E-state index contributed by atoms with van der Waals surface area (Å²) in [4.78, 5) is 31.1. The second kappa shape index (κ2) is 7.69. The lowest BCUT2D eigenvalue weighted by atomic mass is 9.43. The van der Waals surface area contributed by atoms with E-state index in [1.165, 1.54) is 11.1 Å². The molecule has 4 bridgehead atoms. The standard InChI is InChI=1S/C26H29FN4O2/c27-11-14-31-13-10-26-19-6-8-25(26,23(31)15-17-4-5-18(30-33)16-20(17)26)9-7-21(19)29-24(32)22-3-1-2-12-28-22/h1-5,12,16,19,21,23H,6-11,13-15H2,(H,29,32). The van der Waals surface area contributed by atoms with Gasteiger partial charge in [0.2, 0.25) is 0 Å². The van der Waals surface area contributed by atoms with Gasteiger partial charge in [0, 0.05) is 30.2 Å². The number of nitrogens with one attached hydrogen (secondary N) is 1. The van der Waals surface area contributed by atoms with Gasteiger partial charge in [-0.2, -0.15) is 0 Å². The number of aromatic nitrogens is 1. The normalized spacial score (nSPS) is 34.3. The minimum Gasteiger partial charge on any atom is -0.348 e. The first kappa shape index (κ1) is 20.9. The Bertz CT molecular complexity index is 1090. The molecule has 1 amide bonds. The van der Waals surface area contributed by atoms with Crippen molar-refractivity contribution in [1.82, 2.24) is 15.2 Å². The predicted octanol–water partition coefficient (Wildman–Crippen LogP) is 4.31. The molecule has 1 aromatic carbocycles. The highest BCUT2D eigenvalue weighted by atomic mass is 19.1. The number of hydrogen-bond acceptors (Lipinski definition) is 5. The van der Waals surface area contributed by atoms with Crippen molar-refractivity contribution in [2.45, 2.75) is 56.0 Å². The zero-order valence-electron chi connectivity index (χ0n) is 18.7. The lowest BCUT2D eigenvalue weighted by Gasteiger charge is -2.66. The monoisotopic (exact) mass is 448 g/mol. The smallest absolute Gasteiger partial charge is 0.270 e. The Labute approximate surface area is 192 Å². The van der Waals surface area contributed by atoms with Crippen LogP contribution in [0.5, 0.6) is 0 Å². The maximum Gasteiger partial charge on any atom is 0.270 e. The number of hydrogen-bond donors (Lipinski definition) is 1. The lowest BCUT2D eigenvalue weighted by Crippen LogP contribution is -2.70. The van der Waals surface area contributed by atoms with Crippen molar-refractivity contribution in [2.24, 2.45) is 16.5 Å². The third kappa shape index (κ3) is 2.81. The Morgan fingerprint density at radius 2 is 2.09 bits per heavy atom. The number of nitrogens with zero attached hydrogens (tertiary/aromatic N) is 3. The van der Waals surface area contributed by atoms with E-state index in [2.05, 4.69) is 26.4 Å². The number of amides is 1. The number of alkyl halides is 1. The molecule has 0 radical (unpaired) electrons. The van der Waals surface area contributed by atoms with Gasteiger partial charge in [0.15, 0.2) is 0 Å². The molecule has 1 aromatic heterocycles. The van der Waals surface area contributed by atoms with Crippen molar-refractivity contribution in [3.05, 3.63) is 64.3 Å². The van der Waals surface area contributed by atoms with E-state index in [1.54, 1.807) is 18.3 Å². The molecular weight excluding hydrogens is 419 g/mol. The summed E-state index contributed by atoms with van der Waals surface area (Å²) in [5.41, 5.74) is 3.38. The number of fused-ring (bicyclic) bond motifs is 1. The molecule has 1 N–H and O–H groups in total. The lowest BCUT2D eigenvalue weighted by molar-refractivity contribution is -0.0944. The minimum atomic E-state index is -0.327. The van der Waals surface area contributed by atoms with E-state index >= 15 is 0 Å². The van der Waals surface area contributed by atoms with Gasteiger partial charge in [0.05, 0.1) is 0 Å². The van der Waals surface area contributed by atoms with E-state index in [4.69, 9.17) is 0 Å². The highest BCUT2D eigenvalue weighted by molar-refractivity contribution is 5.92. The fourth-order valence-corrected chi connectivity index (χ4v) is 8.29. The van der Waals surface area contributed by atoms with Crippen LogP contribution in [-0.4, -0.2) is 47.6 Å². The Balaban J connectivity index is 1.43. The largest absolute Gasteiger partial charge is 0.348 e. The first-order chi connectivity index (χ1) is 16.1. The zero-order valence-corrected chi connectivity index (χ0v) is 18.7. The van der Waals surface area contributed by atoms with Crippen LogP contribution in [0.25, 0.3) is 0 Å². The maximum atomic E-state index is 13.5. The van der Waals surface area contributed by atoms with E-state index in [0.29, 0.717) is 24.0 Å². The van der Waals surface area contributed by atoms with Gasteiger partial charge in [0.1, 0.15) is 18.1 Å². The van der Waals surface area contributed by atoms with Crippen molar-refractivity contribution in [2.75, 3.05) is 19.8 Å². The van der Waals surface area contributed by atoms with Gasteiger partial charge in [0.25, 0.3) is 5.91 Å². The van der Waals surface area contributed by atoms with Crippen LogP contribution in [-0.2, 0) is 11.8 Å². The van der Waals surface area contributed by atoms with Crippen LogP contribution in [0.4, 0.5) is 10.1 Å². The summed E-state index contributed by atoms with van der Waals surface area (Å²) in [6, 6.07) is 11.6. The van der Waals surface area contributed by atoms with Crippen LogP contribution in [0.15, 0.2) is 47.8 Å². The molecule has 3 aliphatic carbocycles. The molecule has 7 heteroatoms. The van der Waals surface area contributed by atoms with Gasteiger partial charge < -0.3 is 5.32 Å². The molecule has 5 unspecified atom stereocenters. The van der Waals surface area contributed by atoms with Crippen molar-refractivity contribution in [3.63, 3.8) is 0 Å². The molecular formula is C26H29FN4O2. The van der Waals surface area contributed by atoms with Gasteiger partial charge in [-0.25, -0.2) is 4.39 Å². The Kier molecular flexibility index (Phi) is 4.87. The molecule has 2 heterocycles. The summed E-state index contributed by atoms with van der Waals surface area (Å²) in [6.07, 6.45) is 7.51. The molecule has 6 nitrogen and oxygen atoms in total. The topological polar surface area (TPSA) is 74.7 Å². The van der Waals surface area contributed by atoms with Crippen molar-refractivity contribution >= 4 is 11.6 Å². The fraction of sp³-hybridized carbons (Fsp3) is 0.538. The summed E-state index contributed by atoms with van der Waals surface area (Å²) in [7, 11) is 0. The molecule has 1 aliphatic heterocycles. The Morgan fingerprint density at radius 1 is 1.21 bits per heavy atom. The van der Waals surface area contributed by atoms with Gasteiger partial charge in [-0.1, -0.05) is 12.1 Å². The van der Waals surface area contributed by atoms with E-state index < -0.39 is 0 Å². The van der Waals surface area contributed by atoms with Crippen LogP contribution in [0.1, 0.15) is 53.7 Å². The number of pyridine rings is 1. The highest BCUT2D eigenvalue weighted by Gasteiger charge is 2.71. The summed E-state index contributed by atoms with van der Waals surface area (Å²) >= 11 is 0. The van der Waals surface area contributed by atoms with E-state index in [0.717, 1.165) is 45.1 Å². The quantitative estimate of drug-likeness (QED) is 0.692. The number of rotatable bonds is 5. The molecule has 2 saturated carbocycles. The zero-order chi connectivity index (χ0) is 22.6. The van der Waals surface area contributed by atoms with Crippen molar-refractivity contribution < 1.29 is 9.18 Å². The van der Waals surface area contributed by atoms with Crippen LogP contribution in [0, 0.1) is 16.2 Å². The van der Waals surface area contributed by atoms with E-state index in [-0.39, 0.29) is 35.4 Å². The Hall–Kier alpha value is -2.67. The van der Waals surface area contributed by atoms with E-state index in [1.807, 2.05) is 18.2 Å². The average molecular weight is 449 g/mol. The molecule has 1 saturated heterocycles. The second-order valence-corrected chi connectivity index (χ2v) is 10.2. The molecule has 33 heavy (non-hydrogen) atoms. The van der Waals surface area contributed by atoms with Gasteiger partial charge in [-0.15, -0.1) is 4.91 Å². The molecule has 0 spiro atoms. The first-order valence-corrected chi connectivity index (χ1v) is 12.1. The predicted molar refractivity (Wildman–Crippen MR) is 123 cm³/mol. The third-order valence-corrected chi connectivity index (χ3v) is 9.36. The second-order valence-electron chi connectivity index (χ2n) is 10.2. The number of carbonyl (C=O) groups is 1. The van der Waals surface area contributed by atoms with Crippen molar-refractivity contribution in [1.29, 1.82) is 0 Å². The average Bonchev–Trinajstić information content (AvgIpc) is 3.10. The van der Waals surface area contributed by atoms with Crippen molar-refractivity contribution in [3.8, 4) is 0 Å². The summed E-state index contributed by atoms with van der Waals surface area (Å²) in [5.74, 6) is 0.164. The number of carbonyl (C=O) groups excluding carboxylic acids is 1. The molecule has 4 aliphatic rings. The maximum absolute atomic E-state index is 13.5. The molecule has 2 aromatic rings. The number of nitroso groups, excluding NO2 is 1. The molecule has 5 atom stereocenters. The SMILES string of the molecule is O=Nc1ccc2c(c1)C13CCN(CCF)C(C2)C12CCC(NC(=O)c1ccccn1)C3CC2. The number of benzene rings is 1. The van der Waals surface area contributed by atoms with Crippen LogP contribution in [0.3, 0.4) is 0 Å². The van der Waals surface area contributed by atoms with Crippen LogP contribution < -0.4 is 5.32 Å². The molecule has 172 valence electrons. The summed E-state index contributed by atoms with van der Waals surface area (Å²) < 4.78 is 13.5. The van der Waals surface area contributed by atoms with Gasteiger partial charge in [-0.3, -0.25) is 14.7 Å². The first-order valence-electron chi connectivity index (χ1n) is 12.1. The number of likely N-dealkylation sites (tertiary alicyclic amines) is 1. The van der Waals surface area contributed by atoms with Crippen LogP contribution >= 0.6 is 0 Å². The number of halogens is 1.